The van der Waals surface area contributed by atoms with E-state index in [0.29, 0.717) is 6.42 Å². The molecule has 1 rings (SSSR count). The second kappa shape index (κ2) is 5.22. The van der Waals surface area contributed by atoms with Crippen LogP contribution in [-0.2, 0) is 16.7 Å². The summed E-state index contributed by atoms with van der Waals surface area (Å²) in [7, 11) is -4.27. The van der Waals surface area contributed by atoms with Crippen LogP contribution >= 0.6 is 0 Å². The van der Waals surface area contributed by atoms with Crippen LogP contribution in [-0.4, -0.2) is 30.7 Å². The highest BCUT2D eigenvalue weighted by molar-refractivity contribution is 7.83. The molecule has 0 spiro atoms. The van der Waals surface area contributed by atoms with E-state index in [4.69, 9.17) is 9.66 Å². The van der Waals surface area contributed by atoms with E-state index in [2.05, 4.69) is 0 Å². The van der Waals surface area contributed by atoms with Crippen LogP contribution in [0, 0.1) is 0 Å². The third-order valence-electron chi connectivity index (χ3n) is 1.86. The maximum atomic E-state index is 10.5. The molecule has 0 radical (unpaired) electrons. The van der Waals surface area contributed by atoms with E-state index in [1.807, 2.05) is 35.1 Å². The summed E-state index contributed by atoms with van der Waals surface area (Å²) in [6, 6.07) is 8.40. The van der Waals surface area contributed by atoms with Gasteiger partial charge in [-0.05, 0) is 12.0 Å². The van der Waals surface area contributed by atoms with Gasteiger partial charge in [-0.3, -0.25) is 4.55 Å². The van der Waals surface area contributed by atoms with Crippen LogP contribution in [0.25, 0.3) is 0 Å². The molecule has 0 fully saturated rings. The van der Waals surface area contributed by atoms with Crippen LogP contribution in [0.4, 0.5) is 0 Å². The third kappa shape index (κ3) is 4.89. The van der Waals surface area contributed by atoms with Gasteiger partial charge in [0.25, 0.3) is 0 Å². The molecule has 0 amide bonds. The van der Waals surface area contributed by atoms with E-state index in [9.17, 15) is 8.42 Å². The maximum absolute atomic E-state index is 10.5. The van der Waals surface area contributed by atoms with Crippen molar-refractivity contribution in [1.82, 2.24) is 4.72 Å². The first-order valence-electron chi connectivity index (χ1n) is 4.41. The zero-order chi connectivity index (χ0) is 11.3. The summed E-state index contributed by atoms with van der Waals surface area (Å²) in [4.78, 5) is 0. The fourth-order valence-electron chi connectivity index (χ4n) is 1.25. The highest BCUT2D eigenvalue weighted by Crippen LogP contribution is 2.03. The Kier molecular flexibility index (Phi) is 4.22. The van der Waals surface area contributed by atoms with Gasteiger partial charge in [0.1, 0.15) is 0 Å². The third-order valence-corrected chi connectivity index (χ3v) is 2.49. The number of hydrogen-bond acceptors (Lipinski definition) is 3. The van der Waals surface area contributed by atoms with Gasteiger partial charge in [-0.15, -0.1) is 0 Å². The Balaban J connectivity index is 2.63. The molecule has 1 aromatic carbocycles. The molecule has 0 aliphatic carbocycles. The number of nitrogens with one attached hydrogen (secondary N) is 1. The van der Waals surface area contributed by atoms with Gasteiger partial charge in [0, 0.05) is 0 Å². The van der Waals surface area contributed by atoms with E-state index >= 15 is 0 Å². The molecule has 0 bridgehead atoms. The SMILES string of the molecule is O=S(=O)(O)N[C@H](CO)Cc1ccccc1. The largest absolute Gasteiger partial charge is 0.395 e. The van der Waals surface area contributed by atoms with Crippen molar-refractivity contribution in [2.24, 2.45) is 0 Å². The lowest BCUT2D eigenvalue weighted by Crippen LogP contribution is -2.38. The van der Waals surface area contributed by atoms with Gasteiger partial charge in [0.05, 0.1) is 12.6 Å². The van der Waals surface area contributed by atoms with Crippen LogP contribution in [0.5, 0.6) is 0 Å². The van der Waals surface area contributed by atoms with E-state index in [1.54, 1.807) is 0 Å². The topological polar surface area (TPSA) is 86.6 Å². The van der Waals surface area contributed by atoms with Gasteiger partial charge >= 0.3 is 10.3 Å². The lowest BCUT2D eigenvalue weighted by molar-refractivity contribution is 0.253. The fraction of sp³-hybridized carbons (Fsp3) is 0.333. The minimum atomic E-state index is -4.27. The predicted molar refractivity (Wildman–Crippen MR) is 55.7 cm³/mol. The van der Waals surface area contributed by atoms with Crippen molar-refractivity contribution in [2.75, 3.05) is 6.61 Å². The normalized spacial score (nSPS) is 13.7. The maximum Gasteiger partial charge on any atom is 0.333 e. The highest BCUT2D eigenvalue weighted by Gasteiger charge is 2.14. The first-order valence-corrected chi connectivity index (χ1v) is 5.85. The average molecular weight is 231 g/mol. The average Bonchev–Trinajstić information content (AvgIpc) is 2.16. The fourth-order valence-corrected chi connectivity index (χ4v) is 1.83. The summed E-state index contributed by atoms with van der Waals surface area (Å²) in [5.74, 6) is 0. The molecule has 0 heterocycles. The van der Waals surface area contributed by atoms with Gasteiger partial charge in [-0.25, -0.2) is 0 Å². The summed E-state index contributed by atoms with van der Waals surface area (Å²) in [6.45, 7) is -0.366. The molecule has 0 aliphatic heterocycles. The molecule has 1 aromatic rings. The van der Waals surface area contributed by atoms with Crippen molar-refractivity contribution < 1.29 is 18.1 Å². The van der Waals surface area contributed by atoms with Crippen LogP contribution < -0.4 is 4.72 Å². The van der Waals surface area contributed by atoms with Gasteiger partial charge in [0.15, 0.2) is 0 Å². The molecule has 0 aromatic heterocycles. The Bertz CT molecular complexity index is 390. The Morgan fingerprint density at radius 3 is 2.33 bits per heavy atom. The predicted octanol–water partition coefficient (Wildman–Crippen LogP) is -0.0176. The van der Waals surface area contributed by atoms with Gasteiger partial charge in [0.2, 0.25) is 0 Å². The minimum absolute atomic E-state index is 0.330. The van der Waals surface area contributed by atoms with Crippen LogP contribution in [0.1, 0.15) is 5.56 Å². The molecular formula is C9H13NO4S. The van der Waals surface area contributed by atoms with Gasteiger partial charge in [-0.2, -0.15) is 13.1 Å². The van der Waals surface area contributed by atoms with Crippen LogP contribution in [0.3, 0.4) is 0 Å². The number of rotatable bonds is 5. The second-order valence-electron chi connectivity index (χ2n) is 3.16. The lowest BCUT2D eigenvalue weighted by atomic mass is 10.1. The molecule has 0 saturated heterocycles. The van der Waals surface area contributed by atoms with Crippen LogP contribution in [0.15, 0.2) is 30.3 Å². The Labute approximate surface area is 88.6 Å². The summed E-state index contributed by atoms with van der Waals surface area (Å²) in [5, 5.41) is 8.91. The Morgan fingerprint density at radius 2 is 1.87 bits per heavy atom. The quantitative estimate of drug-likeness (QED) is 0.622. The summed E-state index contributed by atoms with van der Waals surface area (Å²) in [5.41, 5.74) is 0.882. The first kappa shape index (κ1) is 12.1. The second-order valence-corrected chi connectivity index (χ2v) is 4.35. The van der Waals surface area contributed by atoms with Crippen molar-refractivity contribution >= 4 is 10.3 Å². The van der Waals surface area contributed by atoms with Crippen molar-refractivity contribution in [1.29, 1.82) is 0 Å². The van der Waals surface area contributed by atoms with E-state index in [1.165, 1.54) is 0 Å². The molecule has 0 saturated carbocycles. The van der Waals surface area contributed by atoms with E-state index in [0.717, 1.165) is 5.56 Å². The van der Waals surface area contributed by atoms with Crippen molar-refractivity contribution in [2.45, 2.75) is 12.5 Å². The summed E-state index contributed by atoms with van der Waals surface area (Å²) >= 11 is 0. The first-order chi connectivity index (χ1) is 7.01. The Hall–Kier alpha value is -0.950. The van der Waals surface area contributed by atoms with Crippen molar-refractivity contribution in [3.8, 4) is 0 Å². The molecule has 5 nitrogen and oxygen atoms in total. The number of hydrogen-bond donors (Lipinski definition) is 3. The van der Waals surface area contributed by atoms with E-state index < -0.39 is 16.3 Å². The molecule has 6 heteroatoms. The van der Waals surface area contributed by atoms with E-state index in [-0.39, 0.29) is 6.61 Å². The Morgan fingerprint density at radius 1 is 1.27 bits per heavy atom. The van der Waals surface area contributed by atoms with Crippen molar-refractivity contribution in [3.63, 3.8) is 0 Å². The molecule has 0 unspecified atom stereocenters. The molecule has 3 N–H and O–H groups in total. The molecule has 0 aliphatic rings. The zero-order valence-electron chi connectivity index (χ0n) is 8.00. The number of benzene rings is 1. The van der Waals surface area contributed by atoms with Crippen LogP contribution in [0.2, 0.25) is 0 Å². The number of aliphatic hydroxyl groups is 1. The lowest BCUT2D eigenvalue weighted by Gasteiger charge is -2.13. The molecule has 15 heavy (non-hydrogen) atoms. The minimum Gasteiger partial charge on any atom is -0.395 e. The smallest absolute Gasteiger partial charge is 0.333 e. The van der Waals surface area contributed by atoms with Crippen molar-refractivity contribution in [3.05, 3.63) is 35.9 Å². The molecular weight excluding hydrogens is 218 g/mol. The number of aliphatic hydroxyl groups excluding tert-OH is 1. The molecule has 84 valence electrons. The monoisotopic (exact) mass is 231 g/mol. The highest BCUT2D eigenvalue weighted by atomic mass is 32.2. The zero-order valence-corrected chi connectivity index (χ0v) is 8.81. The van der Waals surface area contributed by atoms with Gasteiger partial charge < -0.3 is 5.11 Å². The standard InChI is InChI=1S/C9H13NO4S/c11-7-9(10-15(12,13)14)6-8-4-2-1-3-5-8/h1-5,9-11H,6-7H2,(H,12,13,14)/t9-/m0/s1. The van der Waals surface area contributed by atoms with Gasteiger partial charge in [-0.1, -0.05) is 30.3 Å². The molecule has 1 atom stereocenters. The summed E-state index contributed by atoms with van der Waals surface area (Å²) in [6.07, 6.45) is 0.330. The summed E-state index contributed by atoms with van der Waals surface area (Å²) < 4.78 is 31.5.